The van der Waals surface area contributed by atoms with Gasteiger partial charge in [0.05, 0.1) is 0 Å². The lowest BCUT2D eigenvalue weighted by Crippen LogP contribution is -2.51. The lowest BCUT2D eigenvalue weighted by atomic mass is 10.1. The number of thiocarbonyl (C=S) groups is 1. The Labute approximate surface area is 89.9 Å². The fourth-order valence-electron chi connectivity index (χ4n) is 1.76. The van der Waals surface area contributed by atoms with Gasteiger partial charge >= 0.3 is 0 Å². The van der Waals surface area contributed by atoms with Crippen molar-refractivity contribution in [1.82, 2.24) is 5.32 Å². The zero-order valence-corrected chi connectivity index (χ0v) is 9.05. The predicted molar refractivity (Wildman–Crippen MR) is 63.6 cm³/mol. The molecule has 0 amide bonds. The number of hydrogen-bond acceptors (Lipinski definition) is 1. The first-order chi connectivity index (χ1) is 6.79. The number of anilines is 1. The van der Waals surface area contributed by atoms with Gasteiger partial charge in [-0.1, -0.05) is 18.2 Å². The molecule has 0 saturated carbocycles. The first-order valence-electron chi connectivity index (χ1n) is 4.91. The van der Waals surface area contributed by atoms with E-state index in [1.807, 2.05) is 18.2 Å². The van der Waals surface area contributed by atoms with E-state index in [4.69, 9.17) is 12.2 Å². The molecule has 1 aliphatic rings. The summed E-state index contributed by atoms with van der Waals surface area (Å²) in [5.41, 5.74) is 1.18. The minimum Gasteiger partial charge on any atom is -0.362 e. The number of nitrogens with one attached hydrogen (secondary N) is 1. The zero-order chi connectivity index (χ0) is 9.97. The maximum absolute atomic E-state index is 5.30. The van der Waals surface area contributed by atoms with Gasteiger partial charge in [0.1, 0.15) is 0 Å². The molecule has 1 atom stereocenters. The van der Waals surface area contributed by atoms with Crippen LogP contribution < -0.4 is 10.2 Å². The van der Waals surface area contributed by atoms with E-state index in [9.17, 15) is 0 Å². The van der Waals surface area contributed by atoms with E-state index in [1.54, 1.807) is 0 Å². The Balaban J connectivity index is 2.27. The lowest BCUT2D eigenvalue weighted by Gasteiger charge is -2.36. The van der Waals surface area contributed by atoms with Crippen molar-refractivity contribution < 1.29 is 0 Å². The molecule has 0 aromatic heterocycles. The van der Waals surface area contributed by atoms with Crippen LogP contribution in [0.5, 0.6) is 0 Å². The van der Waals surface area contributed by atoms with Crippen molar-refractivity contribution >= 4 is 23.0 Å². The zero-order valence-electron chi connectivity index (χ0n) is 8.23. The Hall–Kier alpha value is -1.09. The maximum atomic E-state index is 5.30. The van der Waals surface area contributed by atoms with Crippen LogP contribution in [0.25, 0.3) is 0 Å². The smallest absolute Gasteiger partial charge is 0.173 e. The number of nitrogens with zero attached hydrogens (tertiary/aromatic N) is 1. The predicted octanol–water partition coefficient (Wildman–Crippen LogP) is 2.16. The summed E-state index contributed by atoms with van der Waals surface area (Å²) >= 11 is 5.30. The summed E-state index contributed by atoms with van der Waals surface area (Å²) in [4.78, 5) is 2.18. The fourth-order valence-corrected chi connectivity index (χ4v) is 2.15. The lowest BCUT2D eigenvalue weighted by molar-refractivity contribution is 0.600. The molecular weight excluding hydrogens is 192 g/mol. The highest BCUT2D eigenvalue weighted by Gasteiger charge is 2.22. The number of para-hydroxylation sites is 1. The molecule has 1 heterocycles. The van der Waals surface area contributed by atoms with Crippen molar-refractivity contribution in [3.05, 3.63) is 30.3 Å². The van der Waals surface area contributed by atoms with Crippen LogP contribution in [-0.4, -0.2) is 17.7 Å². The largest absolute Gasteiger partial charge is 0.362 e. The molecule has 1 aliphatic heterocycles. The van der Waals surface area contributed by atoms with Crippen LogP contribution in [-0.2, 0) is 0 Å². The second-order valence-corrected chi connectivity index (χ2v) is 3.96. The summed E-state index contributed by atoms with van der Waals surface area (Å²) < 4.78 is 0. The first kappa shape index (κ1) is 9.46. The Bertz CT molecular complexity index is 323. The number of benzene rings is 1. The van der Waals surface area contributed by atoms with E-state index in [0.29, 0.717) is 6.04 Å². The molecule has 1 aromatic rings. The highest BCUT2D eigenvalue weighted by molar-refractivity contribution is 7.80. The summed E-state index contributed by atoms with van der Waals surface area (Å²) in [5, 5.41) is 4.06. The molecule has 2 nitrogen and oxygen atoms in total. The molecule has 1 N–H and O–H groups in total. The van der Waals surface area contributed by atoms with Gasteiger partial charge in [0, 0.05) is 18.3 Å². The topological polar surface area (TPSA) is 15.3 Å². The molecule has 0 radical (unpaired) electrons. The Morgan fingerprint density at radius 3 is 2.71 bits per heavy atom. The highest BCUT2D eigenvalue weighted by atomic mass is 32.1. The Kier molecular flexibility index (Phi) is 2.68. The van der Waals surface area contributed by atoms with E-state index in [0.717, 1.165) is 18.1 Å². The van der Waals surface area contributed by atoms with Crippen molar-refractivity contribution in [3.63, 3.8) is 0 Å². The second kappa shape index (κ2) is 3.96. The molecule has 1 saturated heterocycles. The van der Waals surface area contributed by atoms with E-state index in [1.165, 1.54) is 5.69 Å². The van der Waals surface area contributed by atoms with Gasteiger partial charge in [0.25, 0.3) is 0 Å². The van der Waals surface area contributed by atoms with Gasteiger partial charge in [0.15, 0.2) is 5.11 Å². The number of rotatable bonds is 1. The summed E-state index contributed by atoms with van der Waals surface area (Å²) in [7, 11) is 0. The molecule has 1 aromatic carbocycles. The minimum atomic E-state index is 0.492. The van der Waals surface area contributed by atoms with Gasteiger partial charge in [-0.25, -0.2) is 0 Å². The van der Waals surface area contributed by atoms with Crippen LogP contribution in [0.1, 0.15) is 13.3 Å². The standard InChI is InChI=1S/C11H14N2S/c1-9-7-8-12-11(14)13(9)10-5-3-2-4-6-10/h2-6,9H,7-8H2,1H3,(H,12,14). The van der Waals surface area contributed by atoms with E-state index in [2.05, 4.69) is 29.3 Å². The van der Waals surface area contributed by atoms with E-state index in [-0.39, 0.29) is 0 Å². The summed E-state index contributed by atoms with van der Waals surface area (Å²) in [6.45, 7) is 3.20. The Morgan fingerprint density at radius 2 is 2.07 bits per heavy atom. The van der Waals surface area contributed by atoms with Crippen molar-refractivity contribution in [3.8, 4) is 0 Å². The molecule has 74 valence electrons. The summed E-state index contributed by atoms with van der Waals surface area (Å²) in [6.07, 6.45) is 1.13. The molecule has 14 heavy (non-hydrogen) atoms. The number of hydrogen-bond donors (Lipinski definition) is 1. The van der Waals surface area contributed by atoms with Crippen LogP contribution in [0.4, 0.5) is 5.69 Å². The van der Waals surface area contributed by atoms with Crippen LogP contribution in [0.3, 0.4) is 0 Å². The van der Waals surface area contributed by atoms with Crippen LogP contribution in [0.15, 0.2) is 30.3 Å². The SMILES string of the molecule is CC1CCNC(=S)N1c1ccccc1. The molecule has 0 spiro atoms. The normalized spacial score (nSPS) is 21.9. The van der Waals surface area contributed by atoms with Crippen molar-refractivity contribution in [2.45, 2.75) is 19.4 Å². The van der Waals surface area contributed by atoms with Gasteiger partial charge in [0.2, 0.25) is 0 Å². The average molecular weight is 206 g/mol. The first-order valence-corrected chi connectivity index (χ1v) is 5.32. The molecule has 0 aliphatic carbocycles. The van der Waals surface area contributed by atoms with Crippen LogP contribution in [0, 0.1) is 0 Å². The molecule has 2 rings (SSSR count). The third-order valence-corrected chi connectivity index (χ3v) is 2.87. The maximum Gasteiger partial charge on any atom is 0.173 e. The molecule has 0 bridgehead atoms. The molecule has 1 unspecified atom stereocenters. The molecular formula is C11H14N2S. The van der Waals surface area contributed by atoms with E-state index < -0.39 is 0 Å². The van der Waals surface area contributed by atoms with Gasteiger partial charge in [-0.05, 0) is 37.7 Å². The molecule has 1 fully saturated rings. The molecule has 3 heteroatoms. The third kappa shape index (κ3) is 1.73. The van der Waals surface area contributed by atoms with Gasteiger partial charge in [-0.15, -0.1) is 0 Å². The van der Waals surface area contributed by atoms with Gasteiger partial charge in [-0.2, -0.15) is 0 Å². The monoisotopic (exact) mass is 206 g/mol. The van der Waals surface area contributed by atoms with Crippen molar-refractivity contribution in [2.75, 3.05) is 11.4 Å². The average Bonchev–Trinajstić information content (AvgIpc) is 2.19. The van der Waals surface area contributed by atoms with Gasteiger partial charge in [-0.3, -0.25) is 0 Å². The second-order valence-electron chi connectivity index (χ2n) is 3.58. The summed E-state index contributed by atoms with van der Waals surface area (Å²) in [5.74, 6) is 0. The van der Waals surface area contributed by atoms with Crippen molar-refractivity contribution in [2.24, 2.45) is 0 Å². The van der Waals surface area contributed by atoms with Crippen LogP contribution >= 0.6 is 12.2 Å². The van der Waals surface area contributed by atoms with Crippen molar-refractivity contribution in [1.29, 1.82) is 0 Å². The highest BCUT2D eigenvalue weighted by Crippen LogP contribution is 2.20. The van der Waals surface area contributed by atoms with Crippen LogP contribution in [0.2, 0.25) is 0 Å². The van der Waals surface area contributed by atoms with Gasteiger partial charge < -0.3 is 10.2 Å². The third-order valence-electron chi connectivity index (χ3n) is 2.53. The van der Waals surface area contributed by atoms with E-state index >= 15 is 0 Å². The summed E-state index contributed by atoms with van der Waals surface area (Å²) in [6, 6.07) is 10.8. The quantitative estimate of drug-likeness (QED) is 0.709. The fraction of sp³-hybridized carbons (Fsp3) is 0.364. The minimum absolute atomic E-state index is 0.492. The Morgan fingerprint density at radius 1 is 1.36 bits per heavy atom.